The highest BCUT2D eigenvalue weighted by atomic mass is 35.5. The summed E-state index contributed by atoms with van der Waals surface area (Å²) in [5.41, 5.74) is 1.06. The van der Waals surface area contributed by atoms with E-state index < -0.39 is 10.0 Å². The summed E-state index contributed by atoms with van der Waals surface area (Å²) in [5.74, 6) is 0.231. The molecule has 30 heavy (non-hydrogen) atoms. The first-order chi connectivity index (χ1) is 14.2. The molecule has 1 amide bonds. The molecule has 7 nitrogen and oxygen atoms in total. The lowest BCUT2D eigenvalue weighted by Gasteiger charge is -2.21. The Labute approximate surface area is 184 Å². The summed E-state index contributed by atoms with van der Waals surface area (Å²) >= 11 is 12.0. The first-order valence-corrected chi connectivity index (χ1v) is 11.2. The SMILES string of the molecule is CCN(Cc1ccc(Cl)c(Cl)c1)C(=O)c1cccc(S(=O)(=O)Nc2cc(C)on2)c1. The van der Waals surface area contributed by atoms with Gasteiger partial charge >= 0.3 is 0 Å². The fourth-order valence-electron chi connectivity index (χ4n) is 2.78. The van der Waals surface area contributed by atoms with Gasteiger partial charge in [0.05, 0.1) is 14.9 Å². The number of nitrogens with one attached hydrogen (secondary N) is 1. The lowest BCUT2D eigenvalue weighted by molar-refractivity contribution is 0.0752. The Hall–Kier alpha value is -2.55. The van der Waals surface area contributed by atoms with Crippen molar-refractivity contribution in [2.75, 3.05) is 11.3 Å². The van der Waals surface area contributed by atoms with Gasteiger partial charge in [0.25, 0.3) is 15.9 Å². The molecule has 1 N–H and O–H groups in total. The number of carbonyl (C=O) groups is 1. The van der Waals surface area contributed by atoms with Crippen LogP contribution in [0.4, 0.5) is 5.82 Å². The highest BCUT2D eigenvalue weighted by molar-refractivity contribution is 7.92. The van der Waals surface area contributed by atoms with Crippen LogP contribution in [-0.2, 0) is 16.6 Å². The summed E-state index contributed by atoms with van der Waals surface area (Å²) in [7, 11) is -3.93. The summed E-state index contributed by atoms with van der Waals surface area (Å²) in [6, 6.07) is 12.4. The van der Waals surface area contributed by atoms with Gasteiger partial charge in [-0.2, -0.15) is 0 Å². The Bertz CT molecular complexity index is 1180. The predicted molar refractivity (Wildman–Crippen MR) is 115 cm³/mol. The number of aryl methyl sites for hydroxylation is 1. The number of hydrogen-bond acceptors (Lipinski definition) is 5. The third kappa shape index (κ3) is 5.13. The van der Waals surface area contributed by atoms with E-state index in [9.17, 15) is 13.2 Å². The summed E-state index contributed by atoms with van der Waals surface area (Å²) in [5, 5.41) is 4.46. The molecular weight excluding hydrogens is 449 g/mol. The van der Waals surface area contributed by atoms with E-state index in [1.54, 1.807) is 36.1 Å². The third-order valence-electron chi connectivity index (χ3n) is 4.28. The maximum Gasteiger partial charge on any atom is 0.263 e. The summed E-state index contributed by atoms with van der Waals surface area (Å²) < 4.78 is 32.5. The number of benzene rings is 2. The summed E-state index contributed by atoms with van der Waals surface area (Å²) in [4.78, 5) is 14.5. The second-order valence-corrected chi connectivity index (χ2v) is 9.02. The Balaban J connectivity index is 1.82. The minimum atomic E-state index is -3.93. The molecule has 2 aromatic carbocycles. The van der Waals surface area contributed by atoms with Crippen molar-refractivity contribution in [3.63, 3.8) is 0 Å². The number of rotatable bonds is 7. The van der Waals surface area contributed by atoms with Gasteiger partial charge in [0.15, 0.2) is 5.82 Å². The van der Waals surface area contributed by atoms with Crippen LogP contribution in [0.2, 0.25) is 10.0 Å². The number of nitrogens with zero attached hydrogens (tertiary/aromatic N) is 2. The van der Waals surface area contributed by atoms with Crippen molar-refractivity contribution < 1.29 is 17.7 Å². The van der Waals surface area contributed by atoms with Gasteiger partial charge in [0.2, 0.25) is 0 Å². The summed E-state index contributed by atoms with van der Waals surface area (Å²) in [6.45, 7) is 4.22. The van der Waals surface area contributed by atoms with Crippen molar-refractivity contribution in [2.24, 2.45) is 0 Å². The molecule has 10 heteroatoms. The number of halogens is 2. The monoisotopic (exact) mass is 467 g/mol. The van der Waals surface area contributed by atoms with Gasteiger partial charge in [0.1, 0.15) is 5.76 Å². The number of amides is 1. The van der Waals surface area contributed by atoms with Crippen LogP contribution >= 0.6 is 23.2 Å². The fourth-order valence-corrected chi connectivity index (χ4v) is 4.13. The van der Waals surface area contributed by atoms with Gasteiger partial charge in [-0.25, -0.2) is 8.42 Å². The molecule has 0 fully saturated rings. The summed E-state index contributed by atoms with van der Waals surface area (Å²) in [6.07, 6.45) is 0. The molecular formula is C20H19Cl2N3O4S. The molecule has 0 aliphatic heterocycles. The maximum atomic E-state index is 13.0. The molecule has 0 unspecified atom stereocenters. The molecule has 3 aromatic rings. The Morgan fingerprint density at radius 3 is 2.53 bits per heavy atom. The van der Waals surface area contributed by atoms with E-state index in [-0.39, 0.29) is 22.2 Å². The maximum absolute atomic E-state index is 13.0. The lowest BCUT2D eigenvalue weighted by Crippen LogP contribution is -2.30. The Morgan fingerprint density at radius 1 is 1.13 bits per heavy atom. The second-order valence-electron chi connectivity index (χ2n) is 6.52. The zero-order valence-electron chi connectivity index (χ0n) is 16.2. The van der Waals surface area contributed by atoms with E-state index >= 15 is 0 Å². The normalized spacial score (nSPS) is 11.3. The van der Waals surface area contributed by atoms with E-state index in [1.165, 1.54) is 24.3 Å². The predicted octanol–water partition coefficient (Wildman–Crippen LogP) is 4.75. The largest absolute Gasteiger partial charge is 0.360 e. The molecule has 1 heterocycles. The van der Waals surface area contributed by atoms with Crippen LogP contribution < -0.4 is 4.72 Å². The minimum absolute atomic E-state index is 0.0559. The zero-order chi connectivity index (χ0) is 21.9. The highest BCUT2D eigenvalue weighted by Gasteiger charge is 2.20. The molecule has 0 saturated heterocycles. The first-order valence-electron chi connectivity index (χ1n) is 8.99. The minimum Gasteiger partial charge on any atom is -0.360 e. The molecule has 0 radical (unpaired) electrons. The van der Waals surface area contributed by atoms with Crippen LogP contribution in [0.3, 0.4) is 0 Å². The van der Waals surface area contributed by atoms with Gasteiger partial charge in [0, 0.05) is 24.7 Å². The highest BCUT2D eigenvalue weighted by Crippen LogP contribution is 2.24. The topological polar surface area (TPSA) is 92.5 Å². The number of aromatic nitrogens is 1. The number of carbonyl (C=O) groups excluding carboxylic acids is 1. The van der Waals surface area contributed by atoms with Crippen LogP contribution in [0.1, 0.15) is 28.6 Å². The zero-order valence-corrected chi connectivity index (χ0v) is 18.6. The first kappa shape index (κ1) is 22.1. The quantitative estimate of drug-likeness (QED) is 0.540. The van der Waals surface area contributed by atoms with Crippen LogP contribution in [-0.4, -0.2) is 30.9 Å². The average Bonchev–Trinajstić information content (AvgIpc) is 3.12. The van der Waals surface area contributed by atoms with Crippen LogP contribution in [0.25, 0.3) is 0 Å². The Morgan fingerprint density at radius 2 is 1.90 bits per heavy atom. The van der Waals surface area contributed by atoms with Crippen LogP contribution in [0.5, 0.6) is 0 Å². The van der Waals surface area contributed by atoms with Gasteiger partial charge in [-0.05, 0) is 49.7 Å². The van der Waals surface area contributed by atoms with E-state index in [2.05, 4.69) is 9.88 Å². The standard InChI is InChI=1S/C20H19Cl2N3O4S/c1-3-25(12-14-7-8-17(21)18(22)10-14)20(26)15-5-4-6-16(11-15)30(27,28)24-19-9-13(2)29-23-19/h4-11H,3,12H2,1-2H3,(H,23,24). The van der Waals surface area contributed by atoms with E-state index in [1.807, 2.05) is 6.92 Å². The van der Waals surface area contributed by atoms with Gasteiger partial charge < -0.3 is 9.42 Å². The van der Waals surface area contributed by atoms with Crippen molar-refractivity contribution in [3.8, 4) is 0 Å². The van der Waals surface area contributed by atoms with Gasteiger partial charge in [-0.15, -0.1) is 0 Å². The average molecular weight is 468 g/mol. The van der Waals surface area contributed by atoms with E-state index in [0.29, 0.717) is 28.9 Å². The molecule has 3 rings (SSSR count). The van der Waals surface area contributed by atoms with E-state index in [0.717, 1.165) is 5.56 Å². The fraction of sp³-hybridized carbons (Fsp3) is 0.200. The molecule has 0 saturated carbocycles. The molecule has 0 aliphatic carbocycles. The van der Waals surface area contributed by atoms with E-state index in [4.69, 9.17) is 27.7 Å². The van der Waals surface area contributed by atoms with Gasteiger partial charge in [-0.3, -0.25) is 9.52 Å². The van der Waals surface area contributed by atoms with Crippen molar-refractivity contribution >= 4 is 45.0 Å². The molecule has 0 spiro atoms. The second kappa shape index (κ2) is 9.07. The third-order valence-corrected chi connectivity index (χ3v) is 6.38. The smallest absolute Gasteiger partial charge is 0.263 e. The lowest BCUT2D eigenvalue weighted by atomic mass is 10.1. The number of anilines is 1. The Kier molecular flexibility index (Phi) is 6.70. The number of hydrogen-bond donors (Lipinski definition) is 1. The molecule has 0 aliphatic rings. The molecule has 0 bridgehead atoms. The number of sulfonamides is 1. The molecule has 1 aromatic heterocycles. The van der Waals surface area contributed by atoms with Crippen LogP contribution in [0.15, 0.2) is 57.9 Å². The molecule has 158 valence electrons. The van der Waals surface area contributed by atoms with Crippen LogP contribution in [0, 0.1) is 6.92 Å². The van der Waals surface area contributed by atoms with Crippen molar-refractivity contribution in [1.29, 1.82) is 0 Å². The van der Waals surface area contributed by atoms with Crippen molar-refractivity contribution in [3.05, 3.63) is 75.5 Å². The van der Waals surface area contributed by atoms with Crippen molar-refractivity contribution in [2.45, 2.75) is 25.3 Å². The molecule has 0 atom stereocenters. The van der Waals surface area contributed by atoms with Crippen molar-refractivity contribution in [1.82, 2.24) is 10.1 Å². The van der Waals surface area contributed by atoms with Gasteiger partial charge in [-0.1, -0.05) is 40.5 Å².